The number of benzene rings is 2. The van der Waals surface area contributed by atoms with Crippen molar-refractivity contribution in [2.45, 2.75) is 13.0 Å². The van der Waals surface area contributed by atoms with Gasteiger partial charge in [0.15, 0.2) is 0 Å². The number of fused-ring (bicyclic) bond motifs is 1. The van der Waals surface area contributed by atoms with Crippen molar-refractivity contribution < 1.29 is 9.47 Å². The number of nitrogens with zero attached hydrogens (tertiary/aromatic N) is 1. The van der Waals surface area contributed by atoms with Crippen molar-refractivity contribution in [2.24, 2.45) is 0 Å². The van der Waals surface area contributed by atoms with Crippen molar-refractivity contribution in [3.05, 3.63) is 59.7 Å². The fourth-order valence-corrected chi connectivity index (χ4v) is 2.71. The zero-order valence-electron chi connectivity index (χ0n) is 12.4. The highest BCUT2D eigenvalue weighted by atomic mass is 16.5. The molecular formula is C18H21NO2. The third-order valence-electron chi connectivity index (χ3n) is 3.92. The number of methoxy groups -OCH3 is 1. The predicted octanol–water partition coefficient (Wildman–Crippen LogP) is 3.13. The fourth-order valence-electron chi connectivity index (χ4n) is 2.71. The third kappa shape index (κ3) is 3.56. The van der Waals surface area contributed by atoms with Crippen LogP contribution < -0.4 is 9.47 Å². The van der Waals surface area contributed by atoms with E-state index < -0.39 is 0 Å². The van der Waals surface area contributed by atoms with E-state index in [1.165, 1.54) is 11.1 Å². The minimum Gasteiger partial charge on any atom is -0.497 e. The van der Waals surface area contributed by atoms with Gasteiger partial charge >= 0.3 is 0 Å². The molecule has 0 bridgehead atoms. The normalized spacial score (nSPS) is 14.5. The molecular weight excluding hydrogens is 262 g/mol. The quantitative estimate of drug-likeness (QED) is 0.841. The third-order valence-corrected chi connectivity index (χ3v) is 3.92. The van der Waals surface area contributed by atoms with Crippen LogP contribution in [0.2, 0.25) is 0 Å². The topological polar surface area (TPSA) is 21.7 Å². The summed E-state index contributed by atoms with van der Waals surface area (Å²) < 4.78 is 11.1. The van der Waals surface area contributed by atoms with Crippen LogP contribution in [0.15, 0.2) is 48.5 Å². The summed E-state index contributed by atoms with van der Waals surface area (Å²) in [7, 11) is 1.72. The lowest BCUT2D eigenvalue weighted by Crippen LogP contribution is -2.33. The van der Waals surface area contributed by atoms with E-state index in [1.54, 1.807) is 7.11 Å². The summed E-state index contributed by atoms with van der Waals surface area (Å²) in [5, 5.41) is 0. The second-order valence-electron chi connectivity index (χ2n) is 5.32. The Morgan fingerprint density at radius 3 is 2.67 bits per heavy atom. The Balaban J connectivity index is 1.52. The maximum Gasteiger partial charge on any atom is 0.119 e. The molecule has 0 aromatic heterocycles. The first-order chi connectivity index (χ1) is 10.3. The van der Waals surface area contributed by atoms with Crippen molar-refractivity contribution in [3.8, 4) is 11.5 Å². The fraction of sp³-hybridized carbons (Fsp3) is 0.333. The number of ether oxygens (including phenoxy) is 2. The summed E-state index contributed by atoms with van der Waals surface area (Å²) in [6.45, 7) is 3.77. The maximum absolute atomic E-state index is 5.77. The van der Waals surface area contributed by atoms with E-state index in [0.29, 0.717) is 0 Å². The first-order valence-electron chi connectivity index (χ1n) is 7.41. The van der Waals surface area contributed by atoms with Gasteiger partial charge in [0.2, 0.25) is 0 Å². The highest BCUT2D eigenvalue weighted by Gasteiger charge is 2.16. The molecule has 1 heterocycles. The Hall–Kier alpha value is -2.00. The zero-order chi connectivity index (χ0) is 14.5. The number of hydrogen-bond acceptors (Lipinski definition) is 3. The molecule has 0 aliphatic carbocycles. The molecule has 0 N–H and O–H groups in total. The highest BCUT2D eigenvalue weighted by Crippen LogP contribution is 2.23. The molecule has 3 heteroatoms. The van der Waals surface area contributed by atoms with Gasteiger partial charge < -0.3 is 9.47 Å². The van der Waals surface area contributed by atoms with E-state index in [4.69, 9.17) is 9.47 Å². The number of rotatable bonds is 5. The van der Waals surface area contributed by atoms with Gasteiger partial charge in [0.25, 0.3) is 0 Å². The lowest BCUT2D eigenvalue weighted by Gasteiger charge is -2.28. The molecule has 0 fully saturated rings. The van der Waals surface area contributed by atoms with Gasteiger partial charge in [0.05, 0.1) is 7.11 Å². The molecule has 0 atom stereocenters. The van der Waals surface area contributed by atoms with Crippen molar-refractivity contribution in [1.82, 2.24) is 4.90 Å². The molecule has 3 nitrogen and oxygen atoms in total. The molecule has 0 unspecified atom stereocenters. The van der Waals surface area contributed by atoms with Crippen LogP contribution in [0.4, 0.5) is 0 Å². The first kappa shape index (κ1) is 14.0. The Morgan fingerprint density at radius 2 is 1.86 bits per heavy atom. The first-order valence-corrected chi connectivity index (χ1v) is 7.41. The van der Waals surface area contributed by atoms with Crippen LogP contribution in [0, 0.1) is 0 Å². The molecule has 0 saturated carbocycles. The molecule has 2 aromatic carbocycles. The minimum absolute atomic E-state index is 0.732. The average Bonchev–Trinajstić information content (AvgIpc) is 2.55. The molecule has 0 radical (unpaired) electrons. The summed E-state index contributed by atoms with van der Waals surface area (Å²) in [6.07, 6.45) is 1.08. The van der Waals surface area contributed by atoms with Gasteiger partial charge in [0, 0.05) is 19.6 Å². The van der Waals surface area contributed by atoms with Gasteiger partial charge in [-0.05, 0) is 41.8 Å². The van der Waals surface area contributed by atoms with Crippen LogP contribution in [-0.2, 0) is 13.0 Å². The smallest absolute Gasteiger partial charge is 0.119 e. The van der Waals surface area contributed by atoms with E-state index >= 15 is 0 Å². The predicted molar refractivity (Wildman–Crippen MR) is 83.9 cm³/mol. The van der Waals surface area contributed by atoms with Crippen molar-refractivity contribution in [2.75, 3.05) is 26.8 Å². The maximum atomic E-state index is 5.77. The summed E-state index contributed by atoms with van der Waals surface area (Å²) >= 11 is 0. The Bertz CT molecular complexity index is 583. The Morgan fingerprint density at radius 1 is 1.00 bits per heavy atom. The molecule has 3 rings (SSSR count). The van der Waals surface area contributed by atoms with Crippen LogP contribution in [0.5, 0.6) is 11.5 Å². The molecule has 21 heavy (non-hydrogen) atoms. The van der Waals surface area contributed by atoms with Crippen LogP contribution >= 0.6 is 0 Å². The minimum atomic E-state index is 0.732. The van der Waals surface area contributed by atoms with Gasteiger partial charge in [-0.15, -0.1) is 0 Å². The Kier molecular flexibility index (Phi) is 4.41. The van der Waals surface area contributed by atoms with Crippen molar-refractivity contribution >= 4 is 0 Å². The van der Waals surface area contributed by atoms with E-state index in [0.717, 1.165) is 44.2 Å². The number of para-hydroxylation sites is 1. The van der Waals surface area contributed by atoms with E-state index in [1.807, 2.05) is 36.4 Å². The molecule has 0 amide bonds. The Labute approximate surface area is 126 Å². The van der Waals surface area contributed by atoms with Crippen LogP contribution in [-0.4, -0.2) is 31.7 Å². The SMILES string of the molecule is COc1ccc2c(c1)CCN(CCOc1ccccc1)C2. The summed E-state index contributed by atoms with van der Waals surface area (Å²) in [5.41, 5.74) is 2.82. The van der Waals surface area contributed by atoms with Gasteiger partial charge in [0.1, 0.15) is 18.1 Å². The lowest BCUT2D eigenvalue weighted by atomic mass is 9.99. The lowest BCUT2D eigenvalue weighted by molar-refractivity contribution is 0.196. The van der Waals surface area contributed by atoms with Gasteiger partial charge in [-0.3, -0.25) is 4.90 Å². The van der Waals surface area contributed by atoms with Gasteiger partial charge in [-0.1, -0.05) is 24.3 Å². The summed E-state index contributed by atoms with van der Waals surface area (Å²) in [4.78, 5) is 2.44. The summed E-state index contributed by atoms with van der Waals surface area (Å²) in [5.74, 6) is 1.90. The molecule has 1 aliphatic heterocycles. The standard InChI is InChI=1S/C18H21NO2/c1-20-18-8-7-16-14-19(10-9-15(16)13-18)11-12-21-17-5-3-2-4-6-17/h2-8,13H,9-12,14H2,1H3. The summed E-state index contributed by atoms with van der Waals surface area (Å²) in [6, 6.07) is 16.4. The molecule has 0 saturated heterocycles. The van der Waals surface area contributed by atoms with Crippen molar-refractivity contribution in [3.63, 3.8) is 0 Å². The van der Waals surface area contributed by atoms with Gasteiger partial charge in [-0.2, -0.15) is 0 Å². The molecule has 1 aliphatic rings. The largest absolute Gasteiger partial charge is 0.497 e. The molecule has 110 valence electrons. The van der Waals surface area contributed by atoms with Crippen molar-refractivity contribution in [1.29, 1.82) is 0 Å². The second-order valence-corrected chi connectivity index (χ2v) is 5.32. The van der Waals surface area contributed by atoms with Crippen LogP contribution in [0.25, 0.3) is 0 Å². The molecule has 2 aromatic rings. The van der Waals surface area contributed by atoms with Crippen LogP contribution in [0.3, 0.4) is 0 Å². The van der Waals surface area contributed by atoms with E-state index in [-0.39, 0.29) is 0 Å². The van der Waals surface area contributed by atoms with Gasteiger partial charge in [-0.25, -0.2) is 0 Å². The monoisotopic (exact) mass is 283 g/mol. The average molecular weight is 283 g/mol. The number of hydrogen-bond donors (Lipinski definition) is 0. The van der Waals surface area contributed by atoms with Crippen LogP contribution in [0.1, 0.15) is 11.1 Å². The second kappa shape index (κ2) is 6.64. The highest BCUT2D eigenvalue weighted by molar-refractivity contribution is 5.37. The molecule has 0 spiro atoms. The van der Waals surface area contributed by atoms with E-state index in [9.17, 15) is 0 Å². The zero-order valence-corrected chi connectivity index (χ0v) is 12.4. The van der Waals surface area contributed by atoms with E-state index in [2.05, 4.69) is 17.0 Å².